The number of likely N-dealkylation sites (tertiary alicyclic amines) is 1. The molecule has 3 aromatic rings. The molecule has 4 saturated heterocycles. The molecule has 15 heteroatoms. The van der Waals surface area contributed by atoms with Gasteiger partial charge in [-0.3, -0.25) is 24.3 Å². The summed E-state index contributed by atoms with van der Waals surface area (Å²) in [5.41, 5.74) is 3.37. The molecule has 6 amide bonds. The van der Waals surface area contributed by atoms with Gasteiger partial charge in [0.05, 0.1) is 41.5 Å². The first kappa shape index (κ1) is 42.1. The summed E-state index contributed by atoms with van der Waals surface area (Å²) in [6, 6.07) is 16.7. The summed E-state index contributed by atoms with van der Waals surface area (Å²) in [5, 5.41) is 9.11. The van der Waals surface area contributed by atoms with Crippen LogP contribution < -0.4 is 34.9 Å². The van der Waals surface area contributed by atoms with Crippen molar-refractivity contribution in [2.75, 3.05) is 54.6 Å². The minimum atomic E-state index is -0.826. The average molecular weight is 793 g/mol. The Labute approximate surface area is 334 Å². The van der Waals surface area contributed by atoms with Gasteiger partial charge < -0.3 is 34.9 Å². The lowest BCUT2D eigenvalue weighted by Gasteiger charge is -2.37. The van der Waals surface area contributed by atoms with E-state index < -0.39 is 11.1 Å². The number of methoxy groups -OCH3 is 4. The normalized spacial score (nSPS) is 18.5. The number of halogens is 1. The van der Waals surface area contributed by atoms with Crippen LogP contribution in [0.2, 0.25) is 0 Å². The molecule has 0 radical (unpaired) electrons. The summed E-state index contributed by atoms with van der Waals surface area (Å²) >= 11 is 0. The molecule has 14 nitrogen and oxygen atoms in total. The second-order valence-electron chi connectivity index (χ2n) is 14.8. The van der Waals surface area contributed by atoms with Crippen LogP contribution >= 0.6 is 12.4 Å². The third kappa shape index (κ3) is 9.14. The molecule has 0 bridgehead atoms. The van der Waals surface area contributed by atoms with Gasteiger partial charge in [-0.05, 0) is 117 Å². The highest BCUT2D eigenvalue weighted by atomic mass is 35.5. The Morgan fingerprint density at radius 1 is 0.536 bits per heavy atom. The van der Waals surface area contributed by atoms with Gasteiger partial charge in [0.1, 0.15) is 34.1 Å². The van der Waals surface area contributed by atoms with E-state index in [1.807, 2.05) is 68.4 Å². The number of hydrogen-bond donors (Lipinski definition) is 3. The van der Waals surface area contributed by atoms with Crippen molar-refractivity contribution in [3.8, 4) is 23.0 Å². The number of ether oxygens (including phenoxy) is 4. The first-order valence-corrected chi connectivity index (χ1v) is 18.6. The number of carbonyl (C=O) groups is 4. The number of nitrogens with zero attached hydrogens (tertiary/aromatic N) is 3. The molecule has 0 atom stereocenters. The topological polar surface area (TPSA) is 151 Å². The Morgan fingerprint density at radius 3 is 1.32 bits per heavy atom. The second-order valence-corrected chi connectivity index (χ2v) is 14.8. The summed E-state index contributed by atoms with van der Waals surface area (Å²) < 4.78 is 21.3. The number of rotatable bonds is 10. The fourth-order valence-electron chi connectivity index (χ4n) is 7.91. The molecule has 4 heterocycles. The van der Waals surface area contributed by atoms with E-state index >= 15 is 0 Å². The van der Waals surface area contributed by atoms with E-state index in [2.05, 4.69) is 20.9 Å². The Hall–Kier alpha value is -5.05. The van der Waals surface area contributed by atoms with Crippen molar-refractivity contribution < 1.29 is 38.1 Å². The molecule has 7 rings (SSSR count). The number of benzene rings is 3. The first-order valence-electron chi connectivity index (χ1n) is 18.6. The van der Waals surface area contributed by atoms with E-state index in [4.69, 9.17) is 18.9 Å². The third-order valence-corrected chi connectivity index (χ3v) is 10.9. The zero-order chi connectivity index (χ0) is 39.3. The predicted octanol–water partition coefficient (Wildman–Crippen LogP) is 4.71. The molecular weight excluding hydrogens is 740 g/mol. The zero-order valence-electron chi connectivity index (χ0n) is 33.0. The number of imide groups is 2. The number of urea groups is 2. The van der Waals surface area contributed by atoms with Crippen LogP contribution in [0.1, 0.15) is 53.5 Å². The van der Waals surface area contributed by atoms with Crippen molar-refractivity contribution in [1.29, 1.82) is 0 Å². The van der Waals surface area contributed by atoms with Crippen LogP contribution in [0.4, 0.5) is 9.59 Å². The molecule has 3 aromatic carbocycles. The van der Waals surface area contributed by atoms with Crippen LogP contribution in [0.5, 0.6) is 23.0 Å². The number of amides is 6. The van der Waals surface area contributed by atoms with Crippen LogP contribution in [0.25, 0.3) is 0 Å². The van der Waals surface area contributed by atoms with Gasteiger partial charge in [-0.2, -0.15) is 0 Å². The third-order valence-electron chi connectivity index (χ3n) is 10.9. The molecule has 2 spiro atoms. The number of aryl methyl sites for hydroxylation is 2. The first-order chi connectivity index (χ1) is 26.4. The molecule has 0 aromatic heterocycles. The number of piperidine rings is 2. The van der Waals surface area contributed by atoms with Gasteiger partial charge in [-0.25, -0.2) is 9.59 Å². The Kier molecular flexibility index (Phi) is 13.4. The number of nitrogens with one attached hydrogen (secondary N) is 3. The maximum absolute atomic E-state index is 13.3. The van der Waals surface area contributed by atoms with Crippen LogP contribution in [0.3, 0.4) is 0 Å². The molecular formula is C41H53ClN6O8. The molecule has 0 saturated carbocycles. The average Bonchev–Trinajstić information content (AvgIpc) is 3.53. The van der Waals surface area contributed by atoms with Crippen molar-refractivity contribution in [3.05, 3.63) is 82.4 Å². The minimum absolute atomic E-state index is 0. The van der Waals surface area contributed by atoms with E-state index in [0.717, 1.165) is 64.7 Å². The van der Waals surface area contributed by atoms with Crippen molar-refractivity contribution in [2.45, 2.75) is 70.2 Å². The highest BCUT2D eigenvalue weighted by Gasteiger charge is 2.53. The van der Waals surface area contributed by atoms with Crippen molar-refractivity contribution in [1.82, 2.24) is 30.7 Å². The summed E-state index contributed by atoms with van der Waals surface area (Å²) in [5.74, 6) is 2.70. The summed E-state index contributed by atoms with van der Waals surface area (Å²) in [6.45, 7) is 8.07. The van der Waals surface area contributed by atoms with Crippen LogP contribution in [-0.2, 0) is 29.2 Å². The monoisotopic (exact) mass is 792 g/mol. The van der Waals surface area contributed by atoms with Gasteiger partial charge in [0.15, 0.2) is 0 Å². The SMILES string of the molecule is COc1cc(C)cc(CN2C(=O)NC3(CCN(Cc4cc(OC)cc(OC)c4)CC3)C2=O)c1.COc1cc(C)cc(CN2C(=O)NC3(CCNCC3)C2=O)c1.Cl. The summed E-state index contributed by atoms with van der Waals surface area (Å²) in [6.07, 6.45) is 2.44. The van der Waals surface area contributed by atoms with E-state index in [0.29, 0.717) is 44.5 Å². The molecule has 302 valence electrons. The number of carbonyl (C=O) groups excluding carboxylic acids is 4. The number of hydrogen-bond acceptors (Lipinski definition) is 10. The van der Waals surface area contributed by atoms with Crippen molar-refractivity contribution in [2.24, 2.45) is 0 Å². The van der Waals surface area contributed by atoms with E-state index in [1.165, 1.54) is 9.80 Å². The molecule has 0 aliphatic carbocycles. The zero-order valence-corrected chi connectivity index (χ0v) is 33.8. The Morgan fingerprint density at radius 2 is 0.911 bits per heavy atom. The molecule has 56 heavy (non-hydrogen) atoms. The van der Waals surface area contributed by atoms with Gasteiger partial charge in [0.2, 0.25) is 0 Å². The van der Waals surface area contributed by atoms with Crippen LogP contribution in [0, 0.1) is 13.8 Å². The quantitative estimate of drug-likeness (QED) is 0.247. The van der Waals surface area contributed by atoms with Gasteiger partial charge >= 0.3 is 12.1 Å². The Bertz CT molecular complexity index is 1910. The Balaban J connectivity index is 0.000000227. The maximum Gasteiger partial charge on any atom is 0.325 e. The van der Waals surface area contributed by atoms with Gasteiger partial charge in [-0.15, -0.1) is 12.4 Å². The van der Waals surface area contributed by atoms with E-state index in [-0.39, 0.29) is 49.4 Å². The van der Waals surface area contributed by atoms with E-state index in [9.17, 15) is 19.2 Å². The summed E-state index contributed by atoms with van der Waals surface area (Å²) in [7, 11) is 6.49. The lowest BCUT2D eigenvalue weighted by Crippen LogP contribution is -2.54. The highest BCUT2D eigenvalue weighted by molar-refractivity contribution is 6.07. The fraction of sp³-hybridized carbons (Fsp3) is 0.463. The molecule has 4 aliphatic heterocycles. The predicted molar refractivity (Wildman–Crippen MR) is 212 cm³/mol. The molecule has 0 unspecified atom stereocenters. The largest absolute Gasteiger partial charge is 0.497 e. The lowest BCUT2D eigenvalue weighted by atomic mass is 9.87. The van der Waals surface area contributed by atoms with Gasteiger partial charge in [0.25, 0.3) is 11.8 Å². The molecule has 4 fully saturated rings. The van der Waals surface area contributed by atoms with Crippen molar-refractivity contribution >= 4 is 36.3 Å². The van der Waals surface area contributed by atoms with Crippen LogP contribution in [0.15, 0.2) is 54.6 Å². The van der Waals surface area contributed by atoms with Crippen molar-refractivity contribution in [3.63, 3.8) is 0 Å². The lowest BCUT2D eigenvalue weighted by molar-refractivity contribution is -0.133. The summed E-state index contributed by atoms with van der Waals surface area (Å²) in [4.78, 5) is 56.0. The second kappa shape index (κ2) is 17.8. The molecule has 4 aliphatic rings. The van der Waals surface area contributed by atoms with Gasteiger partial charge in [0, 0.05) is 25.7 Å². The standard InChI is InChI=1S/C25H31N3O5.C16H21N3O3.ClH/c1-17-9-18(11-20(10-17)31-2)16-28-23(29)25(26-24(28)30)5-7-27(8-6-25)15-19-12-21(32-3)14-22(13-19)33-4;1-11-7-12(9-13(8-11)22-2)10-19-14(20)16(18-15(19)21)3-5-17-6-4-16;/h9-14H,5-8,15-16H2,1-4H3,(H,26,30);7-9,17H,3-6,10H2,1-2H3,(H,18,21);1H. The smallest absolute Gasteiger partial charge is 0.325 e. The highest BCUT2D eigenvalue weighted by Crippen LogP contribution is 2.33. The van der Waals surface area contributed by atoms with E-state index in [1.54, 1.807) is 28.4 Å². The van der Waals surface area contributed by atoms with Crippen LogP contribution in [-0.4, -0.2) is 104 Å². The van der Waals surface area contributed by atoms with Gasteiger partial charge in [-0.1, -0.05) is 12.1 Å². The molecule has 3 N–H and O–H groups in total. The minimum Gasteiger partial charge on any atom is -0.497 e. The maximum atomic E-state index is 13.3. The fourth-order valence-corrected chi connectivity index (χ4v) is 7.91.